The third-order valence-corrected chi connectivity index (χ3v) is 1.60. The van der Waals surface area contributed by atoms with Crippen LogP contribution in [0, 0.1) is 5.82 Å². The lowest BCUT2D eigenvalue weighted by atomic mass is 10.1. The second-order valence-corrected chi connectivity index (χ2v) is 2.68. The highest BCUT2D eigenvalue weighted by Gasteiger charge is 2.04. The summed E-state index contributed by atoms with van der Waals surface area (Å²) in [4.78, 5) is 10.3. The molecule has 1 rings (SSSR count). The van der Waals surface area contributed by atoms with Gasteiger partial charge >= 0.3 is 5.97 Å². The third-order valence-electron chi connectivity index (χ3n) is 1.60. The fourth-order valence-electron chi connectivity index (χ4n) is 0.993. The minimum Gasteiger partial charge on any atom is -0.481 e. The van der Waals surface area contributed by atoms with Crippen molar-refractivity contribution in [3.63, 3.8) is 0 Å². The van der Waals surface area contributed by atoms with E-state index in [4.69, 9.17) is 5.11 Å². The molecular formula is C10H9FO2. The molecule has 0 unspecified atom stereocenters. The molecule has 2 nitrogen and oxygen atoms in total. The lowest BCUT2D eigenvalue weighted by molar-refractivity contribution is -0.135. The molecule has 0 radical (unpaired) electrons. The highest BCUT2D eigenvalue weighted by molar-refractivity contribution is 5.82. The number of carboxylic acids is 1. The Balaban J connectivity index is 2.83. The first-order valence-corrected chi connectivity index (χ1v) is 3.75. The predicted octanol–water partition coefficient (Wildman–Crippen LogP) is 2.31. The van der Waals surface area contributed by atoms with Crippen molar-refractivity contribution in [3.05, 3.63) is 42.2 Å². The summed E-state index contributed by atoms with van der Waals surface area (Å²) < 4.78 is 12.7. The largest absolute Gasteiger partial charge is 0.481 e. The standard InChI is InChI=1S/C10H9FO2/c1-7(5-10(12)13)8-3-2-4-9(11)6-8/h2-4,6H,1,5H2,(H,12,13). The maximum absolute atomic E-state index is 12.7. The highest BCUT2D eigenvalue weighted by Crippen LogP contribution is 2.16. The molecule has 0 spiro atoms. The molecule has 1 aromatic carbocycles. The molecule has 0 aliphatic heterocycles. The first-order valence-electron chi connectivity index (χ1n) is 3.75. The normalized spacial score (nSPS) is 9.62. The summed E-state index contributed by atoms with van der Waals surface area (Å²) in [5.41, 5.74) is 0.939. The highest BCUT2D eigenvalue weighted by atomic mass is 19.1. The summed E-state index contributed by atoms with van der Waals surface area (Å²) in [6.45, 7) is 3.56. The number of benzene rings is 1. The topological polar surface area (TPSA) is 37.3 Å². The van der Waals surface area contributed by atoms with Crippen LogP contribution in [0.4, 0.5) is 4.39 Å². The van der Waals surface area contributed by atoms with E-state index in [1.807, 2.05) is 0 Å². The molecule has 0 aliphatic carbocycles. The average molecular weight is 180 g/mol. The molecule has 0 aliphatic rings. The van der Waals surface area contributed by atoms with Crippen LogP contribution in [0.15, 0.2) is 30.8 Å². The molecular weight excluding hydrogens is 171 g/mol. The van der Waals surface area contributed by atoms with Crippen LogP contribution in [0.5, 0.6) is 0 Å². The van der Waals surface area contributed by atoms with Crippen LogP contribution in [0.3, 0.4) is 0 Å². The lowest BCUT2D eigenvalue weighted by Crippen LogP contribution is -1.96. The Labute approximate surface area is 75.3 Å². The van der Waals surface area contributed by atoms with Crippen LogP contribution in [0.25, 0.3) is 5.57 Å². The molecule has 1 N–H and O–H groups in total. The molecule has 3 heteroatoms. The Morgan fingerprint density at radius 2 is 2.23 bits per heavy atom. The van der Waals surface area contributed by atoms with Gasteiger partial charge in [0.2, 0.25) is 0 Å². The van der Waals surface area contributed by atoms with E-state index in [1.165, 1.54) is 18.2 Å². The zero-order chi connectivity index (χ0) is 9.84. The summed E-state index contributed by atoms with van der Waals surface area (Å²) in [5.74, 6) is -1.35. The van der Waals surface area contributed by atoms with Gasteiger partial charge in [0.25, 0.3) is 0 Å². The number of carboxylic acid groups (broad SMARTS) is 1. The van der Waals surface area contributed by atoms with E-state index in [9.17, 15) is 9.18 Å². The van der Waals surface area contributed by atoms with Gasteiger partial charge in [-0.1, -0.05) is 18.7 Å². The molecule has 0 amide bonds. The summed E-state index contributed by atoms with van der Waals surface area (Å²) in [7, 11) is 0. The summed E-state index contributed by atoms with van der Waals surface area (Å²) >= 11 is 0. The summed E-state index contributed by atoms with van der Waals surface area (Å²) in [5, 5.41) is 8.46. The van der Waals surface area contributed by atoms with Gasteiger partial charge < -0.3 is 5.11 Å². The van der Waals surface area contributed by atoms with Crippen LogP contribution in [-0.4, -0.2) is 11.1 Å². The quantitative estimate of drug-likeness (QED) is 0.774. The molecule has 0 saturated carbocycles. The molecule has 68 valence electrons. The Bertz CT molecular complexity index is 345. The minimum atomic E-state index is -0.964. The van der Waals surface area contributed by atoms with E-state index < -0.39 is 5.97 Å². The number of rotatable bonds is 3. The van der Waals surface area contributed by atoms with Crippen molar-refractivity contribution in [2.75, 3.05) is 0 Å². The average Bonchev–Trinajstić information content (AvgIpc) is 2.03. The van der Waals surface area contributed by atoms with Crippen LogP contribution in [0.2, 0.25) is 0 Å². The second kappa shape index (κ2) is 3.85. The molecule has 0 fully saturated rings. The molecule has 0 saturated heterocycles. The molecule has 0 heterocycles. The van der Waals surface area contributed by atoms with Crippen molar-refractivity contribution in [2.24, 2.45) is 0 Å². The van der Waals surface area contributed by atoms with Gasteiger partial charge in [-0.2, -0.15) is 0 Å². The van der Waals surface area contributed by atoms with Crippen LogP contribution >= 0.6 is 0 Å². The van der Waals surface area contributed by atoms with Crippen LogP contribution in [0.1, 0.15) is 12.0 Å². The van der Waals surface area contributed by atoms with Gasteiger partial charge in [0.15, 0.2) is 0 Å². The first kappa shape index (κ1) is 9.45. The van der Waals surface area contributed by atoms with Crippen molar-refractivity contribution in [1.82, 2.24) is 0 Å². The smallest absolute Gasteiger partial charge is 0.307 e. The molecule has 1 aromatic rings. The van der Waals surface area contributed by atoms with Crippen LogP contribution in [-0.2, 0) is 4.79 Å². The maximum atomic E-state index is 12.7. The van der Waals surface area contributed by atoms with E-state index in [0.29, 0.717) is 11.1 Å². The van der Waals surface area contributed by atoms with Crippen molar-refractivity contribution in [3.8, 4) is 0 Å². The Hall–Kier alpha value is -1.64. The molecule has 13 heavy (non-hydrogen) atoms. The van der Waals surface area contributed by atoms with Gasteiger partial charge in [-0.25, -0.2) is 4.39 Å². The van der Waals surface area contributed by atoms with Gasteiger partial charge in [0.1, 0.15) is 5.82 Å². The maximum Gasteiger partial charge on any atom is 0.307 e. The molecule has 0 atom stereocenters. The number of carbonyl (C=O) groups is 1. The predicted molar refractivity (Wildman–Crippen MR) is 47.7 cm³/mol. The van der Waals surface area contributed by atoms with Gasteiger partial charge in [0.05, 0.1) is 6.42 Å². The fraction of sp³-hybridized carbons (Fsp3) is 0.100. The number of aliphatic carboxylic acids is 1. The molecule has 0 aromatic heterocycles. The monoisotopic (exact) mass is 180 g/mol. The van der Waals surface area contributed by atoms with Gasteiger partial charge in [-0.3, -0.25) is 4.79 Å². The number of hydrogen-bond donors (Lipinski definition) is 1. The Morgan fingerprint density at radius 3 is 2.77 bits per heavy atom. The molecule has 0 bridgehead atoms. The van der Waals surface area contributed by atoms with Gasteiger partial charge in [-0.05, 0) is 23.3 Å². The first-order chi connectivity index (χ1) is 6.09. The van der Waals surface area contributed by atoms with Crippen molar-refractivity contribution < 1.29 is 14.3 Å². The van der Waals surface area contributed by atoms with E-state index >= 15 is 0 Å². The summed E-state index contributed by atoms with van der Waals surface area (Å²) in [6, 6.07) is 5.73. The Kier molecular flexibility index (Phi) is 2.80. The zero-order valence-corrected chi connectivity index (χ0v) is 6.96. The summed E-state index contributed by atoms with van der Waals surface area (Å²) in [6.07, 6.45) is -0.163. The van der Waals surface area contributed by atoms with E-state index in [1.54, 1.807) is 6.07 Å². The fourth-order valence-corrected chi connectivity index (χ4v) is 0.993. The van der Waals surface area contributed by atoms with Crippen LogP contribution < -0.4 is 0 Å². The van der Waals surface area contributed by atoms with E-state index in [-0.39, 0.29) is 12.2 Å². The Morgan fingerprint density at radius 1 is 1.54 bits per heavy atom. The third kappa shape index (κ3) is 2.71. The van der Waals surface area contributed by atoms with Gasteiger partial charge in [-0.15, -0.1) is 0 Å². The zero-order valence-electron chi connectivity index (χ0n) is 6.96. The van der Waals surface area contributed by atoms with Crippen molar-refractivity contribution >= 4 is 11.5 Å². The lowest BCUT2D eigenvalue weighted by Gasteiger charge is -2.01. The SMILES string of the molecule is C=C(CC(=O)O)c1cccc(F)c1. The van der Waals surface area contributed by atoms with E-state index in [0.717, 1.165) is 0 Å². The second-order valence-electron chi connectivity index (χ2n) is 2.68. The van der Waals surface area contributed by atoms with Crippen molar-refractivity contribution in [2.45, 2.75) is 6.42 Å². The number of hydrogen-bond acceptors (Lipinski definition) is 1. The van der Waals surface area contributed by atoms with Gasteiger partial charge in [0, 0.05) is 0 Å². The minimum absolute atomic E-state index is 0.163. The van der Waals surface area contributed by atoms with E-state index in [2.05, 4.69) is 6.58 Å². The number of halogens is 1. The van der Waals surface area contributed by atoms with Crippen molar-refractivity contribution in [1.29, 1.82) is 0 Å².